The van der Waals surface area contributed by atoms with Crippen molar-refractivity contribution in [3.63, 3.8) is 0 Å². The van der Waals surface area contributed by atoms with Crippen molar-refractivity contribution in [2.75, 3.05) is 87.6 Å². The van der Waals surface area contributed by atoms with E-state index in [0.717, 1.165) is 38.5 Å². The number of nitrogens with one attached hydrogen (secondary N) is 1. The molecule has 4 amide bonds. The van der Waals surface area contributed by atoms with Crippen LogP contribution in [0.1, 0.15) is 108 Å². The van der Waals surface area contributed by atoms with E-state index in [4.69, 9.17) is 37.9 Å². The van der Waals surface area contributed by atoms with E-state index in [2.05, 4.69) is 5.32 Å². The largest absolute Gasteiger partial charge is 0.493 e. The van der Waals surface area contributed by atoms with Crippen molar-refractivity contribution in [1.29, 1.82) is 0 Å². The van der Waals surface area contributed by atoms with E-state index in [1.54, 1.807) is 74.6 Å². The Morgan fingerprint density at radius 1 is 0.661 bits per heavy atom. The summed E-state index contributed by atoms with van der Waals surface area (Å²) in [5.41, 5.74) is -0.0843. The lowest BCUT2D eigenvalue weighted by molar-refractivity contribution is 0.0107. The van der Waals surface area contributed by atoms with E-state index in [0.29, 0.717) is 93.3 Å². The fourth-order valence-electron chi connectivity index (χ4n) is 6.91. The van der Waals surface area contributed by atoms with Crippen molar-refractivity contribution in [3.05, 3.63) is 47.5 Å². The first kappa shape index (κ1) is 51.4. The smallest absolute Gasteiger partial charge is 0.410 e. The summed E-state index contributed by atoms with van der Waals surface area (Å²) >= 11 is 0. The first-order valence-corrected chi connectivity index (χ1v) is 21.6. The third-order valence-corrected chi connectivity index (χ3v) is 9.84. The highest BCUT2D eigenvalue weighted by Gasteiger charge is 2.33. The number of amides is 4. The summed E-state index contributed by atoms with van der Waals surface area (Å²) < 4.78 is 43.3. The summed E-state index contributed by atoms with van der Waals surface area (Å²) in [7, 11) is 6.42. The van der Waals surface area contributed by atoms with Gasteiger partial charge in [0.05, 0.1) is 27.4 Å². The fraction of sp³-hybridized carbons (Fsp3) is 0.652. The van der Waals surface area contributed by atoms with E-state index in [1.165, 1.54) is 0 Å². The predicted molar refractivity (Wildman–Crippen MR) is 236 cm³/mol. The fourth-order valence-corrected chi connectivity index (χ4v) is 6.91. The van der Waals surface area contributed by atoms with Gasteiger partial charge in [-0.05, 0) is 111 Å². The van der Waals surface area contributed by atoms with E-state index in [9.17, 15) is 19.2 Å². The van der Waals surface area contributed by atoms with Gasteiger partial charge < -0.3 is 57.9 Å². The Morgan fingerprint density at radius 3 is 1.63 bits per heavy atom. The normalized spacial score (nSPS) is 16.6. The summed E-state index contributed by atoms with van der Waals surface area (Å²) in [6, 6.07) is 10.1. The quantitative estimate of drug-likeness (QED) is 0.159. The van der Waals surface area contributed by atoms with Gasteiger partial charge in [-0.1, -0.05) is 0 Å². The first-order valence-electron chi connectivity index (χ1n) is 21.6. The highest BCUT2D eigenvalue weighted by atomic mass is 16.6. The number of carbonyl (C=O) groups is 4. The highest BCUT2D eigenvalue weighted by molar-refractivity contribution is 5.95. The third kappa shape index (κ3) is 17.1. The maximum atomic E-state index is 13.4. The van der Waals surface area contributed by atoms with Crippen LogP contribution in [0, 0.1) is 0 Å². The number of likely N-dealkylation sites (N-methyl/N-ethyl adjacent to an activating group) is 1. The molecule has 0 unspecified atom stereocenters. The molecule has 0 spiro atoms. The summed E-state index contributed by atoms with van der Waals surface area (Å²) in [5.74, 6) is 1.89. The molecule has 62 heavy (non-hydrogen) atoms. The van der Waals surface area contributed by atoms with Crippen LogP contribution in [0.25, 0.3) is 0 Å². The van der Waals surface area contributed by atoms with Crippen LogP contribution in [0.4, 0.5) is 9.59 Å². The predicted octanol–water partition coefficient (Wildman–Crippen LogP) is 7.21. The average molecular weight is 873 g/mol. The Kier molecular flexibility index (Phi) is 20.9. The van der Waals surface area contributed by atoms with Crippen LogP contribution in [0.5, 0.6) is 23.0 Å². The number of ether oxygens (including phenoxy) is 8. The van der Waals surface area contributed by atoms with Gasteiger partial charge in [-0.2, -0.15) is 0 Å². The molecule has 1 N–H and O–H groups in total. The molecule has 0 aliphatic carbocycles. The van der Waals surface area contributed by atoms with Gasteiger partial charge in [-0.3, -0.25) is 9.59 Å². The van der Waals surface area contributed by atoms with Gasteiger partial charge in [0.1, 0.15) is 11.2 Å². The Bertz CT molecular complexity index is 1730. The van der Waals surface area contributed by atoms with E-state index in [-0.39, 0.29) is 36.1 Å². The second-order valence-electron chi connectivity index (χ2n) is 17.2. The average Bonchev–Trinajstić information content (AvgIpc) is 3.23. The molecule has 2 saturated heterocycles. The summed E-state index contributed by atoms with van der Waals surface area (Å²) in [4.78, 5) is 56.2. The molecule has 2 heterocycles. The number of hydrogen-bond donors (Lipinski definition) is 1. The van der Waals surface area contributed by atoms with Crippen LogP contribution in [-0.4, -0.2) is 150 Å². The van der Waals surface area contributed by atoms with Crippen LogP contribution in [0.15, 0.2) is 36.4 Å². The van der Waals surface area contributed by atoms with Gasteiger partial charge >= 0.3 is 12.2 Å². The third-order valence-electron chi connectivity index (χ3n) is 9.84. The van der Waals surface area contributed by atoms with Crippen LogP contribution >= 0.6 is 0 Å². The van der Waals surface area contributed by atoms with Crippen molar-refractivity contribution in [3.8, 4) is 23.0 Å². The number of benzene rings is 2. The molecule has 0 aromatic heterocycles. The second kappa shape index (κ2) is 25.2. The Morgan fingerprint density at radius 2 is 1.15 bits per heavy atom. The molecule has 2 aliphatic heterocycles. The van der Waals surface area contributed by atoms with Crippen molar-refractivity contribution < 1.29 is 57.1 Å². The molecule has 0 bridgehead atoms. The van der Waals surface area contributed by atoms with Gasteiger partial charge in [0, 0.05) is 96.2 Å². The Labute approximate surface area is 368 Å². The number of piperidine rings is 2. The molecule has 2 atom stereocenters. The number of hydrogen-bond acceptors (Lipinski definition) is 12. The summed E-state index contributed by atoms with van der Waals surface area (Å²) in [6.45, 7) is 17.9. The highest BCUT2D eigenvalue weighted by Crippen LogP contribution is 2.31. The van der Waals surface area contributed by atoms with Crippen molar-refractivity contribution in [1.82, 2.24) is 20.0 Å². The molecule has 2 aromatic rings. The van der Waals surface area contributed by atoms with Crippen LogP contribution in [0.2, 0.25) is 0 Å². The van der Waals surface area contributed by atoms with Crippen molar-refractivity contribution in [2.24, 2.45) is 0 Å². The van der Waals surface area contributed by atoms with Crippen LogP contribution < -0.4 is 24.3 Å². The van der Waals surface area contributed by atoms with Crippen molar-refractivity contribution >= 4 is 24.0 Å². The molecular weight excluding hydrogens is 801 g/mol. The molecule has 2 aliphatic rings. The monoisotopic (exact) mass is 873 g/mol. The molecular formula is C46H72N4O12. The first-order chi connectivity index (χ1) is 29.4. The molecule has 0 radical (unpaired) electrons. The minimum Gasteiger partial charge on any atom is -0.493 e. The van der Waals surface area contributed by atoms with Crippen LogP contribution in [0.3, 0.4) is 0 Å². The minimum atomic E-state index is -0.549. The zero-order valence-corrected chi connectivity index (χ0v) is 39.0. The SMILES string of the molecule is CCN(C(=O)c1ccc(OC)c(OCCCOC)c1)[C@@H]1CCCN(C(=O)OC(C)(C)C)C1.COCCCOc1cc(C(=O)N[C@@H]2CCCN(C(=O)OC(C)(C)C)C2)ccc1OC. The van der Waals surface area contributed by atoms with Gasteiger partial charge in [0.2, 0.25) is 0 Å². The maximum Gasteiger partial charge on any atom is 0.410 e. The molecule has 2 aromatic carbocycles. The Hall–Kier alpha value is -4.96. The number of likely N-dealkylation sites (tertiary alicyclic amines) is 2. The topological polar surface area (TPSA) is 164 Å². The molecule has 0 saturated carbocycles. The lowest BCUT2D eigenvalue weighted by Gasteiger charge is -2.39. The number of carbonyl (C=O) groups excluding carboxylic acids is 4. The summed E-state index contributed by atoms with van der Waals surface area (Å²) in [5, 5.41) is 3.02. The summed E-state index contributed by atoms with van der Waals surface area (Å²) in [6.07, 6.45) is 4.07. The number of methoxy groups -OCH3 is 4. The second-order valence-corrected chi connectivity index (χ2v) is 17.2. The number of nitrogens with zero attached hydrogens (tertiary/aromatic N) is 3. The lowest BCUT2D eigenvalue weighted by Crippen LogP contribution is -2.52. The molecule has 348 valence electrons. The minimum absolute atomic E-state index is 0.0676. The Balaban J connectivity index is 0.000000331. The number of rotatable bonds is 17. The van der Waals surface area contributed by atoms with E-state index in [1.807, 2.05) is 53.4 Å². The maximum absolute atomic E-state index is 13.4. The van der Waals surface area contributed by atoms with Gasteiger partial charge in [0.25, 0.3) is 11.8 Å². The van der Waals surface area contributed by atoms with Gasteiger partial charge in [0.15, 0.2) is 23.0 Å². The lowest BCUT2D eigenvalue weighted by atomic mass is 10.0. The van der Waals surface area contributed by atoms with Crippen molar-refractivity contribution in [2.45, 2.75) is 110 Å². The standard InChI is InChI=1S/C24H38N2O6.C22H34N2O6/c1-7-26(19-10-8-13-25(17-19)23(28)32-24(2,3)4)22(27)18-11-12-20(30-6)21(16-18)31-15-9-14-29-5;1-22(2,3)30-21(26)24-11-6-8-17(15-24)23-20(25)16-9-10-18(28-5)19(14-16)29-13-7-12-27-4/h11-12,16,19H,7-10,13-15,17H2,1-6H3;9-10,14,17H,6-8,11-13,15H2,1-5H3,(H,23,25)/t19-;17-/m11/s1. The molecule has 4 rings (SSSR count). The molecule has 16 nitrogen and oxygen atoms in total. The van der Waals surface area contributed by atoms with Gasteiger partial charge in [-0.25, -0.2) is 9.59 Å². The van der Waals surface area contributed by atoms with E-state index < -0.39 is 11.2 Å². The zero-order chi connectivity index (χ0) is 45.9. The molecule has 16 heteroatoms. The van der Waals surface area contributed by atoms with E-state index >= 15 is 0 Å². The van der Waals surface area contributed by atoms with Gasteiger partial charge in [-0.15, -0.1) is 0 Å². The molecule has 2 fully saturated rings. The zero-order valence-electron chi connectivity index (χ0n) is 39.0. The van der Waals surface area contributed by atoms with Crippen LogP contribution in [-0.2, 0) is 18.9 Å².